The average molecular weight is 209 g/mol. The lowest BCUT2D eigenvalue weighted by molar-refractivity contribution is -0.154. The highest BCUT2D eigenvalue weighted by Crippen LogP contribution is 2.10. The highest BCUT2D eigenvalue weighted by atomic mass is 16.6. The molecule has 0 aliphatic rings. The van der Waals surface area contributed by atoms with E-state index in [9.17, 15) is 4.79 Å². The number of ether oxygens (including phenoxy) is 1. The monoisotopic (exact) mass is 209 g/mol. The van der Waals surface area contributed by atoms with E-state index in [0.29, 0.717) is 6.42 Å². The Morgan fingerprint density at radius 2 is 2.27 bits per heavy atom. The third-order valence-corrected chi connectivity index (χ3v) is 1.43. The van der Waals surface area contributed by atoms with Gasteiger partial charge in [-0.25, -0.2) is 0 Å². The second-order valence-corrected chi connectivity index (χ2v) is 4.01. The topological polar surface area (TPSA) is 75.1 Å². The summed E-state index contributed by atoms with van der Waals surface area (Å²) in [7, 11) is 0. The maximum Gasteiger partial charge on any atom is 0.306 e. The van der Waals surface area contributed by atoms with Gasteiger partial charge in [-0.15, -0.1) is 6.42 Å². The van der Waals surface area contributed by atoms with Crippen molar-refractivity contribution in [2.45, 2.75) is 45.3 Å². The summed E-state index contributed by atoms with van der Waals surface area (Å²) in [5, 5.41) is 3.35. The number of carbonyl (C=O) groups excluding carboxylic acids is 1. The quantitative estimate of drug-likeness (QED) is 0.234. The Labute approximate surface area is 89.4 Å². The summed E-state index contributed by atoms with van der Waals surface area (Å²) in [6.45, 7) is 5.37. The second kappa shape index (κ2) is 5.94. The molecule has 0 bridgehead atoms. The van der Waals surface area contributed by atoms with Crippen molar-refractivity contribution in [3.8, 4) is 12.3 Å². The normalized spacial score (nSPS) is 12.1. The Morgan fingerprint density at radius 1 is 1.67 bits per heavy atom. The molecule has 0 amide bonds. The zero-order chi connectivity index (χ0) is 11.9. The third kappa shape index (κ3) is 7.41. The fraction of sp³-hybridized carbons (Fsp3) is 0.700. The number of azide groups is 1. The van der Waals surface area contributed by atoms with E-state index in [1.54, 1.807) is 20.8 Å². The predicted molar refractivity (Wildman–Crippen MR) is 56.8 cm³/mol. The smallest absolute Gasteiger partial charge is 0.306 e. The maximum atomic E-state index is 11.3. The van der Waals surface area contributed by atoms with Crippen LogP contribution in [0.2, 0.25) is 0 Å². The van der Waals surface area contributed by atoms with Crippen LogP contribution >= 0.6 is 0 Å². The van der Waals surface area contributed by atoms with Crippen LogP contribution in [0.5, 0.6) is 0 Å². The molecule has 0 rings (SSSR count). The number of hydrogen-bond acceptors (Lipinski definition) is 3. The lowest BCUT2D eigenvalue weighted by atomic mass is 10.1. The van der Waals surface area contributed by atoms with Crippen LogP contribution in [0.1, 0.15) is 33.6 Å². The number of rotatable bonds is 4. The molecule has 0 aromatic rings. The summed E-state index contributed by atoms with van der Waals surface area (Å²) in [5.74, 6) is 1.96. The van der Waals surface area contributed by atoms with Gasteiger partial charge in [0.05, 0.1) is 6.04 Å². The van der Waals surface area contributed by atoms with Gasteiger partial charge in [0, 0.05) is 11.3 Å². The molecule has 82 valence electrons. The Balaban J connectivity index is 4.01. The molecular weight excluding hydrogens is 194 g/mol. The molecule has 0 heterocycles. The molecule has 0 spiro atoms. The first-order valence-electron chi connectivity index (χ1n) is 4.61. The highest BCUT2D eigenvalue weighted by Gasteiger charge is 2.16. The van der Waals surface area contributed by atoms with E-state index >= 15 is 0 Å². The number of hydrogen-bond donors (Lipinski definition) is 0. The van der Waals surface area contributed by atoms with Gasteiger partial charge in [-0.3, -0.25) is 4.79 Å². The minimum atomic E-state index is -0.581. The van der Waals surface area contributed by atoms with Crippen molar-refractivity contribution in [1.29, 1.82) is 0 Å². The van der Waals surface area contributed by atoms with Crippen LogP contribution in [0.4, 0.5) is 0 Å². The first kappa shape index (κ1) is 13.3. The van der Waals surface area contributed by atoms with Crippen molar-refractivity contribution in [2.75, 3.05) is 0 Å². The van der Waals surface area contributed by atoms with Gasteiger partial charge in [0.1, 0.15) is 5.60 Å². The maximum absolute atomic E-state index is 11.3. The molecule has 0 aromatic heterocycles. The fourth-order valence-electron chi connectivity index (χ4n) is 0.884. The van der Waals surface area contributed by atoms with E-state index in [0.717, 1.165) is 0 Å². The highest BCUT2D eigenvalue weighted by molar-refractivity contribution is 5.69. The number of terminal acetylenes is 1. The van der Waals surface area contributed by atoms with E-state index in [2.05, 4.69) is 15.9 Å². The van der Waals surface area contributed by atoms with Crippen LogP contribution in [0.3, 0.4) is 0 Å². The average Bonchev–Trinajstić information content (AvgIpc) is 2.09. The van der Waals surface area contributed by atoms with Gasteiger partial charge in [0.2, 0.25) is 0 Å². The van der Waals surface area contributed by atoms with Crippen molar-refractivity contribution in [2.24, 2.45) is 5.11 Å². The van der Waals surface area contributed by atoms with Gasteiger partial charge in [0.15, 0.2) is 0 Å². The van der Waals surface area contributed by atoms with Crippen LogP contribution in [-0.4, -0.2) is 17.6 Å². The van der Waals surface area contributed by atoms with Gasteiger partial charge in [-0.2, -0.15) is 0 Å². The molecule has 0 saturated heterocycles. The molecule has 5 nitrogen and oxygen atoms in total. The molecule has 0 radical (unpaired) electrons. The zero-order valence-corrected chi connectivity index (χ0v) is 9.23. The molecule has 0 aromatic carbocycles. The van der Waals surface area contributed by atoms with E-state index in [-0.39, 0.29) is 12.4 Å². The van der Waals surface area contributed by atoms with Gasteiger partial charge >= 0.3 is 5.97 Å². The van der Waals surface area contributed by atoms with Crippen LogP contribution in [0, 0.1) is 12.3 Å². The van der Waals surface area contributed by atoms with Crippen molar-refractivity contribution < 1.29 is 9.53 Å². The Kier molecular flexibility index (Phi) is 5.29. The second-order valence-electron chi connectivity index (χ2n) is 4.01. The van der Waals surface area contributed by atoms with Crippen LogP contribution < -0.4 is 0 Å². The summed E-state index contributed by atoms with van der Waals surface area (Å²) in [6, 6.07) is -0.581. The fourth-order valence-corrected chi connectivity index (χ4v) is 0.884. The Morgan fingerprint density at radius 3 is 2.67 bits per heavy atom. The van der Waals surface area contributed by atoms with E-state index < -0.39 is 11.6 Å². The molecule has 0 aliphatic carbocycles. The van der Waals surface area contributed by atoms with E-state index in [1.807, 2.05) is 0 Å². The summed E-state index contributed by atoms with van der Waals surface area (Å²) in [6.07, 6.45) is 5.58. The van der Waals surface area contributed by atoms with E-state index in [4.69, 9.17) is 16.7 Å². The minimum Gasteiger partial charge on any atom is -0.460 e. The molecule has 0 fully saturated rings. The standard InChI is InChI=1S/C10H15N3O2/c1-5-8(12-13-11)6-7-9(14)15-10(2,3)4/h1,8H,6-7H2,2-4H3. The first-order valence-corrected chi connectivity index (χ1v) is 4.61. The van der Waals surface area contributed by atoms with Gasteiger partial charge in [0.25, 0.3) is 0 Å². The number of carbonyl (C=O) groups is 1. The summed E-state index contributed by atoms with van der Waals surface area (Å²) >= 11 is 0. The molecule has 1 unspecified atom stereocenters. The Bertz CT molecular complexity index is 306. The molecule has 1 atom stereocenters. The molecule has 0 N–H and O–H groups in total. The van der Waals surface area contributed by atoms with Crippen LogP contribution in [-0.2, 0) is 9.53 Å². The van der Waals surface area contributed by atoms with Crippen molar-refractivity contribution in [3.05, 3.63) is 10.4 Å². The lowest BCUT2D eigenvalue weighted by Gasteiger charge is -2.19. The van der Waals surface area contributed by atoms with Gasteiger partial charge in [-0.1, -0.05) is 11.0 Å². The molecular formula is C10H15N3O2. The minimum absolute atomic E-state index is 0.158. The molecule has 0 aliphatic heterocycles. The van der Waals surface area contributed by atoms with Crippen LogP contribution in [0.25, 0.3) is 10.4 Å². The summed E-state index contributed by atoms with van der Waals surface area (Å²) < 4.78 is 5.07. The van der Waals surface area contributed by atoms with Crippen molar-refractivity contribution in [1.82, 2.24) is 0 Å². The summed E-state index contributed by atoms with van der Waals surface area (Å²) in [4.78, 5) is 13.8. The molecule has 0 saturated carbocycles. The predicted octanol–water partition coefficient (Wildman–Crippen LogP) is 2.42. The van der Waals surface area contributed by atoms with Crippen LogP contribution in [0.15, 0.2) is 5.11 Å². The zero-order valence-electron chi connectivity index (χ0n) is 9.23. The van der Waals surface area contributed by atoms with Crippen molar-refractivity contribution in [3.63, 3.8) is 0 Å². The van der Waals surface area contributed by atoms with Gasteiger partial charge < -0.3 is 4.74 Å². The Hall–Kier alpha value is -1.66. The molecule has 15 heavy (non-hydrogen) atoms. The number of nitrogens with zero attached hydrogens (tertiary/aromatic N) is 3. The molecule has 5 heteroatoms. The van der Waals surface area contributed by atoms with Gasteiger partial charge in [-0.05, 0) is 32.7 Å². The summed E-state index contributed by atoms with van der Waals surface area (Å²) in [5.41, 5.74) is 7.67. The largest absolute Gasteiger partial charge is 0.460 e. The first-order chi connectivity index (χ1) is 6.89. The number of esters is 1. The van der Waals surface area contributed by atoms with E-state index in [1.165, 1.54) is 0 Å². The third-order valence-electron chi connectivity index (χ3n) is 1.43. The lowest BCUT2D eigenvalue weighted by Crippen LogP contribution is -2.24. The SMILES string of the molecule is C#CC(CCC(=O)OC(C)(C)C)N=[N+]=[N-]. The van der Waals surface area contributed by atoms with Crippen molar-refractivity contribution >= 4 is 5.97 Å².